The summed E-state index contributed by atoms with van der Waals surface area (Å²) >= 11 is 0. The monoisotopic (exact) mass is 192 g/mol. The highest BCUT2D eigenvalue weighted by Gasteiger charge is 2.38. The fourth-order valence-corrected chi connectivity index (χ4v) is 2.89. The van der Waals surface area contributed by atoms with Crippen LogP contribution >= 0.6 is 0 Å². The van der Waals surface area contributed by atoms with Gasteiger partial charge in [0.15, 0.2) is 0 Å². The van der Waals surface area contributed by atoms with E-state index in [1.165, 1.54) is 19.3 Å². The van der Waals surface area contributed by atoms with Crippen LogP contribution in [-0.4, -0.2) is 5.78 Å². The lowest BCUT2D eigenvalue weighted by molar-refractivity contribution is -0.123. The van der Waals surface area contributed by atoms with Gasteiger partial charge in [-0.25, -0.2) is 0 Å². The van der Waals surface area contributed by atoms with Crippen LogP contribution in [0.15, 0.2) is 12.2 Å². The Balaban J connectivity index is 1.79. The third kappa shape index (κ3) is 1.92. The smallest absolute Gasteiger partial charge is 0.136 e. The number of ketones is 1. The van der Waals surface area contributed by atoms with Gasteiger partial charge in [-0.3, -0.25) is 4.79 Å². The molecule has 1 saturated carbocycles. The van der Waals surface area contributed by atoms with Gasteiger partial charge in [-0.2, -0.15) is 0 Å². The van der Waals surface area contributed by atoms with Gasteiger partial charge in [-0.1, -0.05) is 31.9 Å². The second-order valence-corrected chi connectivity index (χ2v) is 4.81. The van der Waals surface area contributed by atoms with Gasteiger partial charge < -0.3 is 0 Å². The quantitative estimate of drug-likeness (QED) is 0.482. The van der Waals surface area contributed by atoms with E-state index in [4.69, 9.17) is 0 Å². The topological polar surface area (TPSA) is 17.1 Å². The first-order valence-electron chi connectivity index (χ1n) is 6.02. The molecule has 0 aromatic heterocycles. The molecule has 0 aromatic carbocycles. The number of carbonyl (C=O) groups excluding carboxylic acids is 1. The fourth-order valence-electron chi connectivity index (χ4n) is 2.89. The Hall–Kier alpha value is -0.590. The molecule has 0 unspecified atom stereocenters. The van der Waals surface area contributed by atoms with E-state index in [-0.39, 0.29) is 0 Å². The van der Waals surface area contributed by atoms with Crippen LogP contribution < -0.4 is 0 Å². The van der Waals surface area contributed by atoms with Crippen molar-refractivity contribution >= 4 is 5.78 Å². The van der Waals surface area contributed by atoms with E-state index in [2.05, 4.69) is 19.1 Å². The summed E-state index contributed by atoms with van der Waals surface area (Å²) < 4.78 is 0. The first-order chi connectivity index (χ1) is 6.81. The number of hydrogen-bond acceptors (Lipinski definition) is 1. The van der Waals surface area contributed by atoms with E-state index in [1.807, 2.05) is 0 Å². The molecule has 1 heteroatoms. The number of hydrogen-bond donors (Lipinski definition) is 0. The van der Waals surface area contributed by atoms with Gasteiger partial charge >= 0.3 is 0 Å². The zero-order valence-electron chi connectivity index (χ0n) is 9.04. The minimum Gasteiger partial charge on any atom is -0.299 e. The summed E-state index contributed by atoms with van der Waals surface area (Å²) in [6.07, 6.45) is 11.3. The van der Waals surface area contributed by atoms with Crippen molar-refractivity contribution in [3.05, 3.63) is 12.2 Å². The van der Waals surface area contributed by atoms with Gasteiger partial charge in [0.25, 0.3) is 0 Å². The van der Waals surface area contributed by atoms with Crippen molar-refractivity contribution in [2.24, 2.45) is 17.8 Å². The van der Waals surface area contributed by atoms with Gasteiger partial charge in [-0.15, -0.1) is 0 Å². The van der Waals surface area contributed by atoms with Crippen LogP contribution in [0.3, 0.4) is 0 Å². The first kappa shape index (κ1) is 9.95. The Morgan fingerprint density at radius 2 is 2.14 bits per heavy atom. The molecule has 1 nitrogen and oxygen atoms in total. The molecule has 2 rings (SSSR count). The summed E-state index contributed by atoms with van der Waals surface area (Å²) in [5.41, 5.74) is 0. The zero-order chi connectivity index (χ0) is 9.97. The summed E-state index contributed by atoms with van der Waals surface area (Å²) in [7, 11) is 0. The lowest BCUT2D eigenvalue weighted by Crippen LogP contribution is -2.18. The molecule has 2 aliphatic carbocycles. The Kier molecular flexibility index (Phi) is 3.05. The number of unbranched alkanes of at least 4 members (excludes halogenated alkanes) is 2. The molecule has 0 radical (unpaired) electrons. The van der Waals surface area contributed by atoms with Crippen molar-refractivity contribution in [2.45, 2.75) is 45.4 Å². The summed E-state index contributed by atoms with van der Waals surface area (Å²) in [5, 5.41) is 0. The number of rotatable bonds is 5. The largest absolute Gasteiger partial charge is 0.299 e. The van der Waals surface area contributed by atoms with E-state index < -0.39 is 0 Å². The van der Waals surface area contributed by atoms with Crippen LogP contribution in [0.5, 0.6) is 0 Å². The van der Waals surface area contributed by atoms with E-state index in [9.17, 15) is 4.79 Å². The van der Waals surface area contributed by atoms with Gasteiger partial charge in [0, 0.05) is 12.3 Å². The number of carbonyl (C=O) groups is 1. The maximum Gasteiger partial charge on any atom is 0.136 e. The van der Waals surface area contributed by atoms with E-state index >= 15 is 0 Å². The van der Waals surface area contributed by atoms with Crippen molar-refractivity contribution in [3.63, 3.8) is 0 Å². The van der Waals surface area contributed by atoms with Crippen molar-refractivity contribution < 1.29 is 4.79 Å². The lowest BCUT2D eigenvalue weighted by Gasteiger charge is -2.16. The van der Waals surface area contributed by atoms with Crippen LogP contribution in [0.25, 0.3) is 0 Å². The van der Waals surface area contributed by atoms with Crippen LogP contribution in [0, 0.1) is 17.8 Å². The fraction of sp³-hybridized carbons (Fsp3) is 0.769. The first-order valence-corrected chi connectivity index (χ1v) is 6.02. The average Bonchev–Trinajstić information content (AvgIpc) is 2.79. The number of allylic oxidation sites excluding steroid dienone is 2. The minimum absolute atomic E-state index is 0.391. The Bertz CT molecular complexity index is 242. The highest BCUT2D eigenvalue weighted by molar-refractivity contribution is 5.82. The third-order valence-corrected chi connectivity index (χ3v) is 3.72. The molecular weight excluding hydrogens is 172 g/mol. The number of fused-ring (bicyclic) bond motifs is 2. The standard InChI is InChI=1S/C13H20O/c1-2-3-4-5-13(14)12-9-10-6-7-11(12)8-10/h6-7,10-12H,2-5,8-9H2,1H3/t10-,11+,12-/m0/s1. The predicted octanol–water partition coefficient (Wildman–Crippen LogP) is 3.35. The second kappa shape index (κ2) is 4.29. The Morgan fingerprint density at radius 1 is 1.29 bits per heavy atom. The molecule has 0 aromatic rings. The molecule has 0 N–H and O–H groups in total. The molecule has 0 heterocycles. The van der Waals surface area contributed by atoms with Crippen LogP contribution in [0.1, 0.15) is 45.4 Å². The molecule has 0 aliphatic heterocycles. The van der Waals surface area contributed by atoms with Crippen LogP contribution in [0.4, 0.5) is 0 Å². The summed E-state index contributed by atoms with van der Waals surface area (Å²) in [5.74, 6) is 2.27. The molecule has 0 spiro atoms. The van der Waals surface area contributed by atoms with Crippen LogP contribution in [0.2, 0.25) is 0 Å². The summed E-state index contributed by atoms with van der Waals surface area (Å²) in [6, 6.07) is 0. The van der Waals surface area contributed by atoms with E-state index in [0.717, 1.165) is 25.2 Å². The molecule has 0 amide bonds. The lowest BCUT2D eigenvalue weighted by atomic mass is 9.87. The molecule has 2 aliphatic rings. The molecular formula is C13H20O. The SMILES string of the molecule is CCCCCC(=O)[C@H]1C[C@H]2C=C[C@@H]1C2. The molecule has 3 atom stereocenters. The Labute approximate surface area is 86.6 Å². The predicted molar refractivity (Wildman–Crippen MR) is 58.0 cm³/mol. The van der Waals surface area contributed by atoms with Crippen molar-refractivity contribution in [2.75, 3.05) is 0 Å². The molecule has 0 saturated heterocycles. The maximum absolute atomic E-state index is 11.9. The maximum atomic E-state index is 11.9. The third-order valence-electron chi connectivity index (χ3n) is 3.72. The van der Waals surface area contributed by atoms with Crippen molar-refractivity contribution in [1.82, 2.24) is 0 Å². The molecule has 14 heavy (non-hydrogen) atoms. The molecule has 78 valence electrons. The van der Waals surface area contributed by atoms with Gasteiger partial charge in [0.1, 0.15) is 5.78 Å². The van der Waals surface area contributed by atoms with Gasteiger partial charge in [-0.05, 0) is 31.1 Å². The van der Waals surface area contributed by atoms with E-state index in [1.54, 1.807) is 0 Å². The highest BCUT2D eigenvalue weighted by Crippen LogP contribution is 2.44. The second-order valence-electron chi connectivity index (χ2n) is 4.81. The van der Waals surface area contributed by atoms with Gasteiger partial charge in [0.2, 0.25) is 0 Å². The normalized spacial score (nSPS) is 33.9. The highest BCUT2D eigenvalue weighted by atomic mass is 16.1. The van der Waals surface area contributed by atoms with Crippen molar-refractivity contribution in [1.29, 1.82) is 0 Å². The molecule has 2 bridgehead atoms. The van der Waals surface area contributed by atoms with Gasteiger partial charge in [0.05, 0.1) is 0 Å². The van der Waals surface area contributed by atoms with Crippen molar-refractivity contribution in [3.8, 4) is 0 Å². The summed E-state index contributed by atoms with van der Waals surface area (Å²) in [4.78, 5) is 11.9. The minimum atomic E-state index is 0.391. The Morgan fingerprint density at radius 3 is 2.71 bits per heavy atom. The summed E-state index contributed by atoms with van der Waals surface area (Å²) in [6.45, 7) is 2.19. The molecule has 1 fully saturated rings. The van der Waals surface area contributed by atoms with E-state index in [0.29, 0.717) is 17.6 Å². The number of Topliss-reactive ketones (excluding diaryl/α,β-unsaturated/α-hetero) is 1. The zero-order valence-corrected chi connectivity index (χ0v) is 9.04. The average molecular weight is 192 g/mol. The van der Waals surface area contributed by atoms with Crippen LogP contribution in [-0.2, 0) is 4.79 Å².